The molecule has 0 radical (unpaired) electrons. The monoisotopic (exact) mass is 227 g/mol. The van der Waals surface area contributed by atoms with Crippen LogP contribution in [-0.4, -0.2) is 26.8 Å². The summed E-state index contributed by atoms with van der Waals surface area (Å²) in [4.78, 5) is 20.1. The van der Waals surface area contributed by atoms with Crippen molar-refractivity contribution in [3.05, 3.63) is 0 Å². The lowest BCUT2D eigenvalue weighted by Crippen LogP contribution is -2.24. The van der Waals surface area contributed by atoms with Gasteiger partial charge in [-0.05, 0) is 25.6 Å². The fourth-order valence-corrected chi connectivity index (χ4v) is 2.20. The normalized spacial score (nSPS) is 17.0. The summed E-state index contributed by atoms with van der Waals surface area (Å²) >= 11 is 0. The van der Waals surface area contributed by atoms with Gasteiger partial charge in [-0.25, -0.2) is 0 Å². The highest BCUT2D eigenvalue weighted by molar-refractivity contribution is 7.45. The van der Waals surface area contributed by atoms with Gasteiger partial charge in [-0.15, -0.1) is 0 Å². The molecule has 0 saturated heterocycles. The van der Waals surface area contributed by atoms with Crippen LogP contribution in [0.5, 0.6) is 0 Å². The maximum absolute atomic E-state index is 10.7. The molecule has 0 amide bonds. The molecule has 0 fully saturated rings. The highest BCUT2D eigenvalue weighted by Crippen LogP contribution is 2.36. The first-order chi connectivity index (χ1) is 5.77. The first-order valence-corrected chi connectivity index (χ1v) is 8.62. The summed E-state index contributed by atoms with van der Waals surface area (Å²) in [6.07, 6.45) is 0.533. The molecule has 0 rings (SSSR count). The highest BCUT2D eigenvalue weighted by atomic mass is 31.2. The Kier molecular flexibility index (Phi) is 5.35. The van der Waals surface area contributed by atoms with Gasteiger partial charge in [0, 0.05) is 7.11 Å². The minimum atomic E-state index is -4.07. The number of rotatable bonds is 6. The minimum absolute atomic E-state index is 0.0750. The Morgan fingerprint density at radius 2 is 2.08 bits per heavy atom. The van der Waals surface area contributed by atoms with Crippen LogP contribution in [0.1, 0.15) is 6.42 Å². The van der Waals surface area contributed by atoms with Gasteiger partial charge in [-0.2, -0.15) is 0 Å². The van der Waals surface area contributed by atoms with Gasteiger partial charge in [-0.3, -0.25) is 4.57 Å². The molecule has 0 aromatic carbocycles. The van der Waals surface area contributed by atoms with Crippen molar-refractivity contribution in [3.8, 4) is 0 Å². The lowest BCUT2D eigenvalue weighted by atomic mass is 10.5. The first kappa shape index (κ1) is 13.3. The third kappa shape index (κ3) is 8.61. The third-order valence-electron chi connectivity index (χ3n) is 1.41. The van der Waals surface area contributed by atoms with Crippen LogP contribution in [0.25, 0.3) is 0 Å². The van der Waals surface area contributed by atoms with Crippen LogP contribution in [0, 0.1) is 0 Å². The second kappa shape index (κ2) is 5.24. The Balaban J connectivity index is 3.53. The largest absolute Gasteiger partial charge is 0.756 e. The van der Waals surface area contributed by atoms with Gasteiger partial charge in [0.25, 0.3) is 7.82 Å². The van der Waals surface area contributed by atoms with E-state index in [4.69, 9.17) is 0 Å². The summed E-state index contributed by atoms with van der Waals surface area (Å²) < 4.78 is 19.2. The number of hydrogen-bond acceptors (Lipinski definition) is 5. The summed E-state index contributed by atoms with van der Waals surface area (Å²) in [7, 11) is -5.09. The van der Waals surface area contributed by atoms with Crippen molar-refractivity contribution in [2.45, 2.75) is 25.6 Å². The van der Waals surface area contributed by atoms with Crippen LogP contribution in [-0.2, 0) is 13.6 Å². The smallest absolute Gasteiger partial charge is 0.267 e. The molecular formula is C6H16O5PSi-. The third-order valence-corrected chi connectivity index (χ3v) is 3.93. The maximum Gasteiger partial charge on any atom is 0.267 e. The Bertz CT molecular complexity index is 190. The standard InChI is InChI=1S/C6H17O5PSi/c1-10-12(7,8)11-5-4-6-13(2,3)9/h9H,4-6H2,1-3H3,(H,7,8)/p-1. The summed E-state index contributed by atoms with van der Waals surface area (Å²) in [6, 6.07) is 0.622. The van der Waals surface area contributed by atoms with Crippen molar-refractivity contribution >= 4 is 16.1 Å². The summed E-state index contributed by atoms with van der Waals surface area (Å²) in [5.74, 6) is 0. The maximum atomic E-state index is 10.7. The Hall–Kier alpha value is 0.287. The van der Waals surface area contributed by atoms with E-state index in [1.807, 2.05) is 0 Å². The SMILES string of the molecule is COP(=O)([O-])OCCC[Si](C)(C)O. The van der Waals surface area contributed by atoms with Gasteiger partial charge < -0.3 is 18.7 Å². The van der Waals surface area contributed by atoms with Crippen molar-refractivity contribution in [1.82, 2.24) is 0 Å². The molecule has 1 unspecified atom stereocenters. The van der Waals surface area contributed by atoms with Crippen molar-refractivity contribution in [1.29, 1.82) is 0 Å². The minimum Gasteiger partial charge on any atom is -0.756 e. The van der Waals surface area contributed by atoms with E-state index in [9.17, 15) is 14.3 Å². The lowest BCUT2D eigenvalue weighted by molar-refractivity contribution is -0.222. The molecule has 0 aromatic heterocycles. The van der Waals surface area contributed by atoms with Crippen LogP contribution >= 0.6 is 7.82 Å². The quantitative estimate of drug-likeness (QED) is 0.410. The molecule has 0 saturated carbocycles. The molecule has 1 N–H and O–H groups in total. The van der Waals surface area contributed by atoms with Gasteiger partial charge in [-0.1, -0.05) is 0 Å². The molecule has 0 aliphatic carbocycles. The highest BCUT2D eigenvalue weighted by Gasteiger charge is 2.16. The molecule has 0 bridgehead atoms. The zero-order valence-corrected chi connectivity index (χ0v) is 10.0. The van der Waals surface area contributed by atoms with Gasteiger partial charge in [0.15, 0.2) is 8.32 Å². The van der Waals surface area contributed by atoms with Crippen LogP contribution in [0.4, 0.5) is 0 Å². The summed E-state index contributed by atoms with van der Waals surface area (Å²) in [6.45, 7) is 3.66. The van der Waals surface area contributed by atoms with Crippen LogP contribution in [0.3, 0.4) is 0 Å². The van der Waals surface area contributed by atoms with Gasteiger partial charge >= 0.3 is 0 Å². The fraction of sp³-hybridized carbons (Fsp3) is 1.00. The van der Waals surface area contributed by atoms with Crippen LogP contribution in [0.15, 0.2) is 0 Å². The van der Waals surface area contributed by atoms with E-state index < -0.39 is 16.1 Å². The Morgan fingerprint density at radius 3 is 2.46 bits per heavy atom. The van der Waals surface area contributed by atoms with Crippen LogP contribution < -0.4 is 4.89 Å². The molecule has 80 valence electrons. The van der Waals surface area contributed by atoms with E-state index >= 15 is 0 Å². The second-order valence-corrected chi connectivity index (χ2v) is 9.02. The van der Waals surface area contributed by atoms with Gasteiger partial charge in [0.2, 0.25) is 0 Å². The molecule has 1 atom stereocenters. The predicted molar refractivity (Wildman–Crippen MR) is 49.7 cm³/mol. The predicted octanol–water partition coefficient (Wildman–Crippen LogP) is 0.705. The average molecular weight is 227 g/mol. The first-order valence-electron chi connectivity index (χ1n) is 4.00. The fourth-order valence-electron chi connectivity index (χ4n) is 0.734. The van der Waals surface area contributed by atoms with E-state index in [0.29, 0.717) is 12.5 Å². The van der Waals surface area contributed by atoms with Gasteiger partial charge in [0.05, 0.1) is 6.61 Å². The molecule has 0 aromatic rings. The average Bonchev–Trinajstić information content (AvgIpc) is 1.97. The lowest BCUT2D eigenvalue weighted by Gasteiger charge is -2.21. The summed E-state index contributed by atoms with van der Waals surface area (Å²) in [5.41, 5.74) is 0. The zero-order chi connectivity index (χ0) is 10.5. The van der Waals surface area contributed by atoms with E-state index in [1.165, 1.54) is 0 Å². The molecule has 5 nitrogen and oxygen atoms in total. The molecule has 7 heteroatoms. The van der Waals surface area contributed by atoms with Gasteiger partial charge in [0.1, 0.15) is 0 Å². The Morgan fingerprint density at radius 1 is 1.54 bits per heavy atom. The zero-order valence-electron chi connectivity index (χ0n) is 8.15. The number of hydrogen-bond donors (Lipinski definition) is 1. The number of phosphoric ester groups is 1. The van der Waals surface area contributed by atoms with E-state index in [0.717, 1.165) is 7.11 Å². The topological polar surface area (TPSA) is 78.8 Å². The number of phosphoric acid groups is 1. The van der Waals surface area contributed by atoms with Crippen molar-refractivity contribution in [2.24, 2.45) is 0 Å². The molecule has 0 heterocycles. The van der Waals surface area contributed by atoms with Crippen molar-refractivity contribution in [2.75, 3.05) is 13.7 Å². The molecule has 0 aliphatic rings. The van der Waals surface area contributed by atoms with E-state index in [1.54, 1.807) is 13.1 Å². The molecule has 0 spiro atoms. The summed E-state index contributed by atoms with van der Waals surface area (Å²) in [5, 5.41) is 0. The van der Waals surface area contributed by atoms with E-state index in [2.05, 4.69) is 9.05 Å². The van der Waals surface area contributed by atoms with Crippen LogP contribution in [0.2, 0.25) is 19.1 Å². The molecular weight excluding hydrogens is 211 g/mol. The molecule has 13 heavy (non-hydrogen) atoms. The van der Waals surface area contributed by atoms with E-state index in [-0.39, 0.29) is 6.61 Å². The molecule has 0 aliphatic heterocycles. The second-order valence-electron chi connectivity index (χ2n) is 3.38. The van der Waals surface area contributed by atoms with Crippen molar-refractivity contribution < 1.29 is 23.3 Å². The van der Waals surface area contributed by atoms with Crippen molar-refractivity contribution in [3.63, 3.8) is 0 Å². The Labute approximate surface area is 79.4 Å².